The fraction of sp³-hybridized carbons (Fsp3) is 0.381. The number of aryl methyl sites for hydroxylation is 1. The van der Waals surface area contributed by atoms with Gasteiger partial charge in [-0.2, -0.15) is 0 Å². The summed E-state index contributed by atoms with van der Waals surface area (Å²) in [7, 11) is 0. The summed E-state index contributed by atoms with van der Waals surface area (Å²) in [6, 6.07) is 9.81. The maximum absolute atomic E-state index is 13.1. The normalized spacial score (nSPS) is 11.3. The van der Waals surface area contributed by atoms with Crippen LogP contribution in [0.15, 0.2) is 41.5 Å². The van der Waals surface area contributed by atoms with Crippen molar-refractivity contribution in [2.75, 3.05) is 13.2 Å². The van der Waals surface area contributed by atoms with E-state index < -0.39 is 0 Å². The number of thiophene rings is 1. The predicted octanol–water partition coefficient (Wildman–Crippen LogP) is 3.36. The van der Waals surface area contributed by atoms with Crippen LogP contribution in [0.4, 0.5) is 0 Å². The van der Waals surface area contributed by atoms with E-state index in [1.54, 1.807) is 0 Å². The first-order chi connectivity index (χ1) is 13.5. The molecule has 0 unspecified atom stereocenters. The van der Waals surface area contributed by atoms with Crippen molar-refractivity contribution in [2.24, 2.45) is 0 Å². The van der Waals surface area contributed by atoms with Gasteiger partial charge in [0.25, 0.3) is 5.56 Å². The Labute approximate surface area is 168 Å². The van der Waals surface area contributed by atoms with E-state index in [0.717, 1.165) is 22.4 Å². The van der Waals surface area contributed by atoms with E-state index in [-0.39, 0.29) is 24.1 Å². The number of benzene rings is 1. The van der Waals surface area contributed by atoms with E-state index in [1.807, 2.05) is 51.1 Å². The average Bonchev–Trinajstić information content (AvgIpc) is 3.01. The summed E-state index contributed by atoms with van der Waals surface area (Å²) >= 11 is 1.50. The number of aromatic nitrogens is 2. The molecule has 3 aromatic rings. The van der Waals surface area contributed by atoms with Crippen molar-refractivity contribution in [1.29, 1.82) is 0 Å². The Morgan fingerprint density at radius 1 is 1.29 bits per heavy atom. The Morgan fingerprint density at radius 3 is 2.75 bits per heavy atom. The first-order valence-corrected chi connectivity index (χ1v) is 10.2. The molecule has 0 atom stereocenters. The second-order valence-corrected chi connectivity index (χ2v) is 8.08. The molecule has 0 aliphatic carbocycles. The number of rotatable bonds is 8. The molecule has 7 heteroatoms. The Bertz CT molecular complexity index is 1010. The fourth-order valence-electron chi connectivity index (χ4n) is 3.03. The van der Waals surface area contributed by atoms with Crippen molar-refractivity contribution in [3.05, 3.63) is 51.9 Å². The summed E-state index contributed by atoms with van der Waals surface area (Å²) in [6.45, 7) is 7.01. The Kier molecular flexibility index (Phi) is 6.59. The van der Waals surface area contributed by atoms with Crippen LogP contribution in [-0.4, -0.2) is 34.7 Å². The molecule has 3 rings (SSSR count). The molecular weight excluding hydrogens is 374 g/mol. The van der Waals surface area contributed by atoms with Crippen LogP contribution in [0.5, 0.6) is 0 Å². The first-order valence-electron chi connectivity index (χ1n) is 9.39. The standard InChI is InChI=1S/C21H25N3O3S/c1-14(2)27-11-7-10-22-17(25)12-24-13-23-20-19(21(24)26)18(15(3)28-20)16-8-5-4-6-9-16/h4-6,8-9,13-14H,7,10-12H2,1-3H3,(H,22,25). The topological polar surface area (TPSA) is 73.2 Å². The summed E-state index contributed by atoms with van der Waals surface area (Å²) in [4.78, 5) is 31.4. The third-order valence-corrected chi connectivity index (χ3v) is 5.34. The van der Waals surface area contributed by atoms with Gasteiger partial charge >= 0.3 is 0 Å². The lowest BCUT2D eigenvalue weighted by Gasteiger charge is -2.09. The third-order valence-electron chi connectivity index (χ3n) is 4.33. The number of hydrogen-bond acceptors (Lipinski definition) is 5. The summed E-state index contributed by atoms with van der Waals surface area (Å²) < 4.78 is 6.83. The van der Waals surface area contributed by atoms with Gasteiger partial charge in [0.05, 0.1) is 17.8 Å². The summed E-state index contributed by atoms with van der Waals surface area (Å²) in [5.74, 6) is -0.207. The molecule has 0 spiro atoms. The van der Waals surface area contributed by atoms with Gasteiger partial charge in [0.1, 0.15) is 11.4 Å². The highest BCUT2D eigenvalue weighted by Gasteiger charge is 2.17. The second kappa shape index (κ2) is 9.12. The smallest absolute Gasteiger partial charge is 0.263 e. The Hall–Kier alpha value is -2.51. The highest BCUT2D eigenvalue weighted by atomic mass is 32.1. The van der Waals surface area contributed by atoms with Crippen LogP contribution in [-0.2, 0) is 16.1 Å². The molecule has 0 bridgehead atoms. The van der Waals surface area contributed by atoms with Gasteiger partial charge in [-0.3, -0.25) is 14.2 Å². The number of nitrogens with zero attached hydrogens (tertiary/aromatic N) is 2. The lowest BCUT2D eigenvalue weighted by atomic mass is 10.0. The summed E-state index contributed by atoms with van der Waals surface area (Å²) in [5.41, 5.74) is 1.70. The monoisotopic (exact) mass is 399 g/mol. The molecule has 0 fully saturated rings. The van der Waals surface area contributed by atoms with E-state index >= 15 is 0 Å². The van der Waals surface area contributed by atoms with Crippen LogP contribution in [0.1, 0.15) is 25.1 Å². The zero-order valence-corrected chi connectivity index (χ0v) is 17.2. The van der Waals surface area contributed by atoms with Crippen molar-refractivity contribution in [2.45, 2.75) is 39.8 Å². The lowest BCUT2D eigenvalue weighted by molar-refractivity contribution is -0.121. The van der Waals surface area contributed by atoms with Crippen LogP contribution in [0.3, 0.4) is 0 Å². The molecular formula is C21H25N3O3S. The van der Waals surface area contributed by atoms with E-state index in [0.29, 0.717) is 23.4 Å². The highest BCUT2D eigenvalue weighted by Crippen LogP contribution is 2.35. The lowest BCUT2D eigenvalue weighted by Crippen LogP contribution is -2.33. The van der Waals surface area contributed by atoms with Gasteiger partial charge < -0.3 is 10.1 Å². The molecule has 148 valence electrons. The number of carbonyl (C=O) groups is 1. The molecule has 28 heavy (non-hydrogen) atoms. The van der Waals surface area contributed by atoms with Crippen molar-refractivity contribution in [3.8, 4) is 11.1 Å². The maximum atomic E-state index is 13.1. The quantitative estimate of drug-likeness (QED) is 0.590. The number of carbonyl (C=O) groups excluding carboxylic acids is 1. The number of fused-ring (bicyclic) bond motifs is 1. The van der Waals surface area contributed by atoms with Gasteiger partial charge in [0, 0.05) is 23.6 Å². The van der Waals surface area contributed by atoms with Gasteiger partial charge in [0.2, 0.25) is 5.91 Å². The minimum Gasteiger partial charge on any atom is -0.379 e. The molecule has 1 amide bonds. The summed E-state index contributed by atoms with van der Waals surface area (Å²) in [6.07, 6.45) is 2.37. The minimum absolute atomic E-state index is 0.0457. The van der Waals surface area contributed by atoms with E-state index in [1.165, 1.54) is 22.2 Å². The molecule has 0 aliphatic heterocycles. The molecule has 1 aromatic carbocycles. The predicted molar refractivity (Wildman–Crippen MR) is 113 cm³/mol. The van der Waals surface area contributed by atoms with Gasteiger partial charge in [-0.25, -0.2) is 4.98 Å². The van der Waals surface area contributed by atoms with Crippen molar-refractivity contribution in [3.63, 3.8) is 0 Å². The number of hydrogen-bond donors (Lipinski definition) is 1. The van der Waals surface area contributed by atoms with Gasteiger partial charge in [-0.05, 0) is 32.8 Å². The zero-order valence-electron chi connectivity index (χ0n) is 16.4. The van der Waals surface area contributed by atoms with Crippen molar-refractivity contribution < 1.29 is 9.53 Å². The molecule has 0 aliphatic rings. The highest BCUT2D eigenvalue weighted by molar-refractivity contribution is 7.19. The molecule has 6 nitrogen and oxygen atoms in total. The third kappa shape index (κ3) is 4.66. The molecule has 1 N–H and O–H groups in total. The van der Waals surface area contributed by atoms with Gasteiger partial charge in [-0.15, -0.1) is 11.3 Å². The van der Waals surface area contributed by atoms with Crippen LogP contribution >= 0.6 is 11.3 Å². The number of amides is 1. The molecule has 2 aromatic heterocycles. The van der Waals surface area contributed by atoms with Crippen molar-refractivity contribution >= 4 is 27.5 Å². The van der Waals surface area contributed by atoms with E-state index in [2.05, 4.69) is 10.3 Å². The summed E-state index contributed by atoms with van der Waals surface area (Å²) in [5, 5.41) is 3.41. The second-order valence-electron chi connectivity index (χ2n) is 6.88. The Morgan fingerprint density at radius 2 is 2.04 bits per heavy atom. The van der Waals surface area contributed by atoms with Gasteiger partial charge in [0.15, 0.2) is 0 Å². The molecule has 0 saturated carbocycles. The number of ether oxygens (including phenoxy) is 1. The first kappa shape index (κ1) is 20.2. The largest absolute Gasteiger partial charge is 0.379 e. The molecule has 0 radical (unpaired) electrons. The van der Waals surface area contributed by atoms with Crippen LogP contribution in [0, 0.1) is 6.92 Å². The maximum Gasteiger partial charge on any atom is 0.263 e. The zero-order chi connectivity index (χ0) is 20.1. The SMILES string of the molecule is Cc1sc2ncn(CC(=O)NCCCOC(C)C)c(=O)c2c1-c1ccccc1. The van der Waals surface area contributed by atoms with Gasteiger partial charge in [-0.1, -0.05) is 30.3 Å². The van der Waals surface area contributed by atoms with Crippen LogP contribution in [0.2, 0.25) is 0 Å². The van der Waals surface area contributed by atoms with E-state index in [9.17, 15) is 9.59 Å². The Balaban J connectivity index is 1.77. The average molecular weight is 400 g/mol. The molecule has 2 heterocycles. The molecule has 0 saturated heterocycles. The van der Waals surface area contributed by atoms with Crippen LogP contribution < -0.4 is 10.9 Å². The fourth-order valence-corrected chi connectivity index (χ4v) is 4.04. The van der Waals surface area contributed by atoms with Crippen LogP contribution in [0.25, 0.3) is 21.3 Å². The minimum atomic E-state index is -0.207. The number of nitrogens with one attached hydrogen (secondary N) is 1. The van der Waals surface area contributed by atoms with Crippen molar-refractivity contribution in [1.82, 2.24) is 14.9 Å². The van der Waals surface area contributed by atoms with E-state index in [4.69, 9.17) is 4.74 Å².